The second-order valence-electron chi connectivity index (χ2n) is 6.78. The van der Waals surface area contributed by atoms with Crippen LogP contribution in [0.2, 0.25) is 0 Å². The lowest BCUT2D eigenvalue weighted by Crippen LogP contribution is -2.51. The summed E-state index contributed by atoms with van der Waals surface area (Å²) in [5.41, 5.74) is 2.79. The first-order valence-electron chi connectivity index (χ1n) is 9.75. The van der Waals surface area contributed by atoms with Gasteiger partial charge >= 0.3 is 6.03 Å². The number of nitro benzene ring substituents is 1. The van der Waals surface area contributed by atoms with Crippen molar-refractivity contribution in [2.45, 2.75) is 20.1 Å². The highest BCUT2D eigenvalue weighted by Gasteiger charge is 2.25. The van der Waals surface area contributed by atoms with Gasteiger partial charge in [0.25, 0.3) is 5.69 Å². The molecule has 0 aliphatic carbocycles. The molecule has 0 atom stereocenters. The second kappa shape index (κ2) is 9.88. The molecule has 154 valence electrons. The third kappa shape index (κ3) is 5.23. The van der Waals surface area contributed by atoms with Gasteiger partial charge in [-0.15, -0.1) is 0 Å². The van der Waals surface area contributed by atoms with Crippen LogP contribution in [0.5, 0.6) is 0 Å². The van der Waals surface area contributed by atoms with E-state index in [0.29, 0.717) is 51.6 Å². The number of hydrogen-bond donors (Lipinski definition) is 1. The largest absolute Gasteiger partial charge is 0.377 e. The quantitative estimate of drug-likeness (QED) is 0.572. The summed E-state index contributed by atoms with van der Waals surface area (Å²) in [5, 5.41) is 14.2. The Labute approximate surface area is 170 Å². The van der Waals surface area contributed by atoms with Crippen molar-refractivity contribution < 1.29 is 14.5 Å². The average Bonchev–Trinajstić information content (AvgIpc) is 2.76. The number of benzene rings is 2. The minimum absolute atomic E-state index is 0.0938. The lowest BCUT2D eigenvalue weighted by atomic mass is 10.1. The molecule has 0 aromatic heterocycles. The molecular formula is C21H26N4O4. The Kier molecular flexibility index (Phi) is 7.02. The molecule has 8 heteroatoms. The van der Waals surface area contributed by atoms with E-state index >= 15 is 0 Å². The Hall–Kier alpha value is -3.13. The SMILES string of the molecule is CCOCc1ccccc1CNC(=O)N1CCN(c2ccccc2[N+](=O)[O-])CC1. The van der Waals surface area contributed by atoms with Crippen LogP contribution in [0.1, 0.15) is 18.1 Å². The van der Waals surface area contributed by atoms with Crippen LogP contribution in [0.25, 0.3) is 0 Å². The van der Waals surface area contributed by atoms with E-state index in [9.17, 15) is 14.9 Å². The zero-order chi connectivity index (χ0) is 20.6. The molecule has 0 spiro atoms. The number of rotatable bonds is 7. The number of nitrogens with zero attached hydrogens (tertiary/aromatic N) is 3. The fourth-order valence-electron chi connectivity index (χ4n) is 3.40. The van der Waals surface area contributed by atoms with Crippen LogP contribution >= 0.6 is 0 Å². The molecule has 1 saturated heterocycles. The first kappa shape index (κ1) is 20.6. The summed E-state index contributed by atoms with van der Waals surface area (Å²) in [6.07, 6.45) is 0. The number of carbonyl (C=O) groups is 1. The van der Waals surface area contributed by atoms with Crippen LogP contribution in [-0.2, 0) is 17.9 Å². The van der Waals surface area contributed by atoms with Gasteiger partial charge < -0.3 is 19.9 Å². The fraction of sp³-hybridized carbons (Fsp3) is 0.381. The van der Waals surface area contributed by atoms with Crippen molar-refractivity contribution in [3.63, 3.8) is 0 Å². The Balaban J connectivity index is 1.54. The fourth-order valence-corrected chi connectivity index (χ4v) is 3.40. The molecular weight excluding hydrogens is 372 g/mol. The molecule has 0 saturated carbocycles. The summed E-state index contributed by atoms with van der Waals surface area (Å²) in [4.78, 5) is 27.2. The number of anilines is 1. The number of ether oxygens (including phenoxy) is 1. The van der Waals surface area contributed by atoms with Crippen LogP contribution in [0.4, 0.5) is 16.2 Å². The monoisotopic (exact) mass is 398 g/mol. The standard InChI is InChI=1S/C21H26N4O4/c1-2-29-16-18-8-4-3-7-17(18)15-22-21(26)24-13-11-23(12-14-24)19-9-5-6-10-20(19)25(27)28/h3-10H,2,11-16H2,1H3,(H,22,26). The number of amides is 2. The lowest BCUT2D eigenvalue weighted by Gasteiger charge is -2.35. The minimum Gasteiger partial charge on any atom is -0.377 e. The van der Waals surface area contributed by atoms with Crippen LogP contribution < -0.4 is 10.2 Å². The van der Waals surface area contributed by atoms with Crippen molar-refractivity contribution in [3.8, 4) is 0 Å². The summed E-state index contributed by atoms with van der Waals surface area (Å²) >= 11 is 0. The van der Waals surface area contributed by atoms with Crippen molar-refractivity contribution in [2.24, 2.45) is 0 Å². The highest BCUT2D eigenvalue weighted by molar-refractivity contribution is 5.75. The molecule has 0 bridgehead atoms. The molecule has 1 aliphatic rings. The zero-order valence-electron chi connectivity index (χ0n) is 16.5. The van der Waals surface area contributed by atoms with E-state index < -0.39 is 0 Å². The topological polar surface area (TPSA) is 88.0 Å². The Morgan fingerprint density at radius 3 is 2.41 bits per heavy atom. The predicted molar refractivity (Wildman–Crippen MR) is 111 cm³/mol. The minimum atomic E-state index is -0.367. The van der Waals surface area contributed by atoms with E-state index in [2.05, 4.69) is 5.32 Å². The lowest BCUT2D eigenvalue weighted by molar-refractivity contribution is -0.384. The Bertz CT molecular complexity index is 850. The number of nitro groups is 1. The molecule has 3 rings (SSSR count). The number of piperazine rings is 1. The normalized spacial score (nSPS) is 14.0. The van der Waals surface area contributed by atoms with Crippen LogP contribution in [0.15, 0.2) is 48.5 Å². The summed E-state index contributed by atoms with van der Waals surface area (Å²) in [5.74, 6) is 0. The molecule has 1 aliphatic heterocycles. The highest BCUT2D eigenvalue weighted by Crippen LogP contribution is 2.28. The van der Waals surface area contributed by atoms with Crippen molar-refractivity contribution in [1.29, 1.82) is 0 Å². The molecule has 29 heavy (non-hydrogen) atoms. The Morgan fingerprint density at radius 2 is 1.72 bits per heavy atom. The molecule has 2 amide bonds. The van der Waals surface area contributed by atoms with Gasteiger partial charge in [0, 0.05) is 45.4 Å². The van der Waals surface area contributed by atoms with Crippen molar-refractivity contribution in [3.05, 3.63) is 69.8 Å². The maximum absolute atomic E-state index is 12.6. The number of hydrogen-bond acceptors (Lipinski definition) is 5. The highest BCUT2D eigenvalue weighted by atomic mass is 16.6. The third-order valence-electron chi connectivity index (χ3n) is 5.00. The molecule has 1 heterocycles. The van der Waals surface area contributed by atoms with Crippen molar-refractivity contribution >= 4 is 17.4 Å². The van der Waals surface area contributed by atoms with E-state index in [4.69, 9.17) is 4.74 Å². The summed E-state index contributed by atoms with van der Waals surface area (Å²) in [7, 11) is 0. The average molecular weight is 398 g/mol. The van der Waals surface area contributed by atoms with E-state index in [0.717, 1.165) is 11.1 Å². The first-order chi connectivity index (χ1) is 14.1. The summed E-state index contributed by atoms with van der Waals surface area (Å²) in [6.45, 7) is 5.69. The molecule has 8 nitrogen and oxygen atoms in total. The van der Waals surface area contributed by atoms with Gasteiger partial charge in [-0.1, -0.05) is 36.4 Å². The van der Waals surface area contributed by atoms with Crippen LogP contribution in [-0.4, -0.2) is 48.6 Å². The maximum Gasteiger partial charge on any atom is 0.317 e. The molecule has 0 radical (unpaired) electrons. The van der Waals surface area contributed by atoms with E-state index in [1.165, 1.54) is 6.07 Å². The third-order valence-corrected chi connectivity index (χ3v) is 5.00. The predicted octanol–water partition coefficient (Wildman–Crippen LogP) is 3.16. The maximum atomic E-state index is 12.6. The number of para-hydroxylation sites is 2. The van der Waals surface area contributed by atoms with Gasteiger partial charge in [-0.05, 0) is 24.1 Å². The van der Waals surface area contributed by atoms with Gasteiger partial charge in [0.05, 0.1) is 11.5 Å². The van der Waals surface area contributed by atoms with E-state index in [1.54, 1.807) is 23.1 Å². The van der Waals surface area contributed by atoms with Gasteiger partial charge in [-0.2, -0.15) is 0 Å². The van der Waals surface area contributed by atoms with Crippen LogP contribution in [0, 0.1) is 10.1 Å². The second-order valence-corrected chi connectivity index (χ2v) is 6.78. The molecule has 1 fully saturated rings. The van der Waals surface area contributed by atoms with E-state index in [1.807, 2.05) is 36.1 Å². The number of nitrogens with one attached hydrogen (secondary N) is 1. The van der Waals surface area contributed by atoms with Crippen molar-refractivity contribution in [1.82, 2.24) is 10.2 Å². The van der Waals surface area contributed by atoms with Gasteiger partial charge in [-0.25, -0.2) is 4.79 Å². The first-order valence-corrected chi connectivity index (χ1v) is 9.75. The van der Waals surface area contributed by atoms with Gasteiger partial charge in [0.2, 0.25) is 0 Å². The summed E-state index contributed by atoms with van der Waals surface area (Å²) in [6, 6.07) is 14.5. The molecule has 1 N–H and O–H groups in total. The summed E-state index contributed by atoms with van der Waals surface area (Å²) < 4.78 is 5.49. The van der Waals surface area contributed by atoms with E-state index in [-0.39, 0.29) is 16.6 Å². The smallest absolute Gasteiger partial charge is 0.317 e. The van der Waals surface area contributed by atoms with Crippen molar-refractivity contribution in [2.75, 3.05) is 37.7 Å². The number of carbonyl (C=O) groups excluding carboxylic acids is 1. The molecule has 2 aromatic rings. The van der Waals surface area contributed by atoms with Gasteiger partial charge in [-0.3, -0.25) is 10.1 Å². The molecule has 0 unspecified atom stereocenters. The van der Waals surface area contributed by atoms with Crippen LogP contribution in [0.3, 0.4) is 0 Å². The Morgan fingerprint density at radius 1 is 1.07 bits per heavy atom. The van der Waals surface area contributed by atoms with Gasteiger partial charge in [0.15, 0.2) is 0 Å². The van der Waals surface area contributed by atoms with Gasteiger partial charge in [0.1, 0.15) is 5.69 Å². The number of urea groups is 1. The molecule has 2 aromatic carbocycles. The zero-order valence-corrected chi connectivity index (χ0v) is 16.5.